The first-order chi connectivity index (χ1) is 29.3. The quantitative estimate of drug-likeness (QED) is 0.0278. The van der Waals surface area contributed by atoms with Crippen LogP contribution in [0.15, 0.2) is 141 Å². The van der Waals surface area contributed by atoms with Gasteiger partial charge in [0.1, 0.15) is 23.0 Å². The minimum atomic E-state index is -0.657. The second-order valence-electron chi connectivity index (χ2n) is 12.8. The number of carbonyl (C=O) groups excluding carboxylic acids is 5. The zero-order valence-electron chi connectivity index (χ0n) is 34.7. The smallest absolute Gasteiger partial charge is 0.275 e. The lowest BCUT2D eigenvalue weighted by Gasteiger charge is -2.23. The molecule has 0 fully saturated rings. The van der Waals surface area contributed by atoms with Gasteiger partial charge in [-0.05, 0) is 80.6 Å². The summed E-state index contributed by atoms with van der Waals surface area (Å²) in [6.07, 6.45) is 3.86. The van der Waals surface area contributed by atoms with Crippen LogP contribution in [0.1, 0.15) is 30.6 Å². The molecule has 0 atom stereocenters. The number of nitrogens with zero attached hydrogens (tertiary/aromatic N) is 3. The molecule has 0 heterocycles. The van der Waals surface area contributed by atoms with Gasteiger partial charge in [0.25, 0.3) is 11.6 Å². The van der Waals surface area contributed by atoms with Crippen molar-refractivity contribution >= 4 is 52.2 Å². The summed E-state index contributed by atoms with van der Waals surface area (Å²) in [5, 5.41) is 54.8. The maximum atomic E-state index is 11.7. The summed E-state index contributed by atoms with van der Waals surface area (Å²) >= 11 is 0. The van der Waals surface area contributed by atoms with Crippen LogP contribution in [-0.2, 0) is 19.2 Å². The predicted octanol–water partition coefficient (Wildman–Crippen LogP) is 6.46. The summed E-state index contributed by atoms with van der Waals surface area (Å²) in [4.78, 5) is 69.3. The van der Waals surface area contributed by atoms with Gasteiger partial charge in [-0.25, -0.2) is 0 Å². The number of anilines is 3. The molecule has 0 bridgehead atoms. The van der Waals surface area contributed by atoms with Gasteiger partial charge in [0.05, 0.1) is 16.7 Å². The number of Topliss-reactive ketones (excluding diaryl/α,β-unsaturated/α-hetero) is 1. The SMILES string of the molecule is C=C(C)C(=O)Nc1cc(O)cc([N+](=O)[O-])c1.C=CC(=O)N(C)CCC(=O)c1cccc(O)c1.C=CC(=O)NCCN(CC)c1ccc(O)cc1.C=CC(=O)Nc1cccc(O)c1. The number of nitro benzene ring substituents is 1. The average molecular weight is 853 g/mol. The third-order valence-corrected chi connectivity index (χ3v) is 7.91. The van der Waals surface area contributed by atoms with Crippen LogP contribution < -0.4 is 20.9 Å². The summed E-state index contributed by atoms with van der Waals surface area (Å²) in [7, 11) is 1.61. The van der Waals surface area contributed by atoms with Crippen molar-refractivity contribution in [2.75, 3.05) is 48.8 Å². The molecule has 0 aliphatic rings. The first kappa shape index (κ1) is 51.8. The van der Waals surface area contributed by atoms with Crippen molar-refractivity contribution in [3.63, 3.8) is 0 Å². The second kappa shape index (κ2) is 27.5. The van der Waals surface area contributed by atoms with Crippen molar-refractivity contribution in [2.24, 2.45) is 0 Å². The third kappa shape index (κ3) is 20.5. The number of rotatable bonds is 16. The number of nitrogens with one attached hydrogen (secondary N) is 3. The van der Waals surface area contributed by atoms with E-state index in [1.54, 1.807) is 43.4 Å². The Labute approximate surface area is 359 Å². The molecule has 0 aromatic heterocycles. The van der Waals surface area contributed by atoms with E-state index in [0.717, 1.165) is 30.9 Å². The van der Waals surface area contributed by atoms with Crippen molar-refractivity contribution in [1.29, 1.82) is 0 Å². The molecular weight excluding hydrogens is 801 g/mol. The van der Waals surface area contributed by atoms with Crippen LogP contribution in [0.5, 0.6) is 23.0 Å². The maximum Gasteiger partial charge on any atom is 0.275 e. The van der Waals surface area contributed by atoms with Crippen LogP contribution >= 0.6 is 0 Å². The second-order valence-corrected chi connectivity index (χ2v) is 12.8. The highest BCUT2D eigenvalue weighted by molar-refractivity contribution is 6.03. The highest BCUT2D eigenvalue weighted by atomic mass is 16.6. The molecule has 17 heteroatoms. The summed E-state index contributed by atoms with van der Waals surface area (Å²) in [6, 6.07) is 22.9. The number of ketones is 1. The summed E-state index contributed by atoms with van der Waals surface area (Å²) in [5.74, 6) is -1.08. The van der Waals surface area contributed by atoms with Gasteiger partial charge in [-0.15, -0.1) is 0 Å². The standard InChI is InChI=1S/C13H18N2O2.C13H15NO3.C10H10N2O4.C9H9NO2/c1-3-13(17)14-9-10-15(4-2)11-5-7-12(16)8-6-11;1-3-13(17)14(2)8-7-12(16)10-5-4-6-11(15)9-10;1-6(2)10(14)11-7-3-8(12(15)16)5-9(13)4-7;1-2-9(12)10-7-4-3-5-8(11)6-7/h3,5-8,16H,1,4,9-10H2,2H3,(H,14,17);3-6,9,15H,1,7-8H2,2H3;3-5,13H,1H2,2H3,(H,11,14);2-6,11H,1H2,(H,10,12). The zero-order valence-corrected chi connectivity index (χ0v) is 34.7. The van der Waals surface area contributed by atoms with Gasteiger partial charge < -0.3 is 46.2 Å². The molecule has 17 nitrogen and oxygen atoms in total. The van der Waals surface area contributed by atoms with Crippen LogP contribution in [0.3, 0.4) is 0 Å². The van der Waals surface area contributed by atoms with Crippen molar-refractivity contribution in [1.82, 2.24) is 10.2 Å². The van der Waals surface area contributed by atoms with Crippen LogP contribution in [-0.4, -0.2) is 92.9 Å². The van der Waals surface area contributed by atoms with Crippen LogP contribution in [0.2, 0.25) is 0 Å². The molecule has 0 unspecified atom stereocenters. The van der Waals surface area contributed by atoms with Gasteiger partial charge in [-0.3, -0.25) is 34.1 Å². The van der Waals surface area contributed by atoms with Crippen molar-refractivity contribution in [2.45, 2.75) is 20.3 Å². The number of likely N-dealkylation sites (N-methyl/N-ethyl adjacent to an activating group) is 2. The topological polar surface area (TPSA) is 252 Å². The number of hydrogen-bond donors (Lipinski definition) is 7. The van der Waals surface area contributed by atoms with E-state index in [9.17, 15) is 49.4 Å². The molecule has 0 saturated carbocycles. The van der Waals surface area contributed by atoms with Crippen LogP contribution in [0, 0.1) is 10.1 Å². The van der Waals surface area contributed by atoms with Gasteiger partial charge in [0, 0.05) is 80.4 Å². The molecule has 7 N–H and O–H groups in total. The molecule has 4 rings (SSSR count). The lowest BCUT2D eigenvalue weighted by Crippen LogP contribution is -2.34. The fraction of sp³-hybridized carbons (Fsp3) is 0.178. The molecule has 4 aromatic rings. The average Bonchev–Trinajstić information content (AvgIpc) is 3.24. The van der Waals surface area contributed by atoms with E-state index in [-0.39, 0.29) is 69.9 Å². The van der Waals surface area contributed by atoms with Crippen molar-refractivity contribution in [3.05, 3.63) is 157 Å². The van der Waals surface area contributed by atoms with E-state index in [4.69, 9.17) is 5.11 Å². The van der Waals surface area contributed by atoms with E-state index in [1.165, 1.54) is 60.4 Å². The Morgan fingerprint density at radius 2 is 1.32 bits per heavy atom. The number of phenols is 4. The Kier molecular flexibility index (Phi) is 23.0. The number of nitro groups is 1. The number of aromatic hydroxyl groups is 4. The Morgan fingerprint density at radius 1 is 0.726 bits per heavy atom. The number of amides is 4. The molecule has 0 aliphatic carbocycles. The monoisotopic (exact) mass is 852 g/mol. The van der Waals surface area contributed by atoms with Gasteiger partial charge in [-0.1, -0.05) is 44.5 Å². The van der Waals surface area contributed by atoms with E-state index in [2.05, 4.69) is 47.2 Å². The van der Waals surface area contributed by atoms with Crippen molar-refractivity contribution in [3.8, 4) is 23.0 Å². The van der Waals surface area contributed by atoms with E-state index in [0.29, 0.717) is 24.3 Å². The highest BCUT2D eigenvalue weighted by Gasteiger charge is 2.12. The van der Waals surface area contributed by atoms with Gasteiger partial charge in [-0.2, -0.15) is 0 Å². The molecule has 4 amide bonds. The van der Waals surface area contributed by atoms with E-state index >= 15 is 0 Å². The molecule has 0 spiro atoms. The molecule has 0 aliphatic heterocycles. The number of carbonyl (C=O) groups is 5. The lowest BCUT2D eigenvalue weighted by molar-refractivity contribution is -0.384. The van der Waals surface area contributed by atoms with Gasteiger partial charge in [0.15, 0.2) is 5.78 Å². The normalized spacial score (nSPS) is 9.53. The summed E-state index contributed by atoms with van der Waals surface area (Å²) in [6.45, 7) is 19.5. The lowest BCUT2D eigenvalue weighted by atomic mass is 10.1. The number of benzene rings is 4. The van der Waals surface area contributed by atoms with Crippen molar-refractivity contribution < 1.29 is 49.3 Å². The van der Waals surface area contributed by atoms with E-state index < -0.39 is 10.8 Å². The molecule has 4 aromatic carbocycles. The number of phenolic OH excluding ortho intramolecular Hbond substituents is 4. The van der Waals surface area contributed by atoms with Gasteiger partial charge in [0.2, 0.25) is 17.7 Å². The molecule has 0 radical (unpaired) electrons. The Morgan fingerprint density at radius 3 is 1.85 bits per heavy atom. The minimum Gasteiger partial charge on any atom is -0.508 e. The predicted molar refractivity (Wildman–Crippen MR) is 239 cm³/mol. The molecule has 62 heavy (non-hydrogen) atoms. The Bertz CT molecular complexity index is 2210. The van der Waals surface area contributed by atoms with Crippen LogP contribution in [0.4, 0.5) is 22.7 Å². The van der Waals surface area contributed by atoms with Crippen LogP contribution in [0.25, 0.3) is 0 Å². The first-order valence-corrected chi connectivity index (χ1v) is 18.7. The Balaban J connectivity index is 0.000000416. The largest absolute Gasteiger partial charge is 0.508 e. The molecule has 328 valence electrons. The maximum absolute atomic E-state index is 11.7. The molecular formula is C45H52N6O11. The highest BCUT2D eigenvalue weighted by Crippen LogP contribution is 2.25. The summed E-state index contributed by atoms with van der Waals surface area (Å²) < 4.78 is 0. The fourth-order valence-electron chi connectivity index (χ4n) is 4.67. The first-order valence-electron chi connectivity index (χ1n) is 18.7. The number of non-ortho nitro benzene ring substituents is 1. The minimum absolute atomic E-state index is 0.0615. The molecule has 0 saturated heterocycles. The van der Waals surface area contributed by atoms with E-state index in [1.807, 2.05) is 19.1 Å². The fourth-order valence-corrected chi connectivity index (χ4v) is 4.67. The third-order valence-electron chi connectivity index (χ3n) is 7.91. The van der Waals surface area contributed by atoms with Gasteiger partial charge >= 0.3 is 0 Å². The zero-order chi connectivity index (χ0) is 46.8. The Hall–Kier alpha value is -8.21. The summed E-state index contributed by atoms with van der Waals surface area (Å²) in [5.41, 5.74) is 2.16. The number of hydrogen-bond acceptors (Lipinski definition) is 12.